The molecular formula is C18H24F7N. The van der Waals surface area contributed by atoms with Gasteiger partial charge in [-0.25, -0.2) is 0 Å². The van der Waals surface area contributed by atoms with Crippen LogP contribution in [0.25, 0.3) is 0 Å². The van der Waals surface area contributed by atoms with Gasteiger partial charge in [0.1, 0.15) is 0 Å². The Morgan fingerprint density at radius 1 is 0.654 bits per heavy atom. The van der Waals surface area contributed by atoms with Crippen LogP contribution in [0.3, 0.4) is 0 Å². The summed E-state index contributed by atoms with van der Waals surface area (Å²) >= 11 is 0. The van der Waals surface area contributed by atoms with E-state index < -0.39 is 24.4 Å². The van der Waals surface area contributed by atoms with Crippen molar-refractivity contribution in [1.82, 2.24) is 0 Å². The van der Waals surface area contributed by atoms with Gasteiger partial charge in [0.25, 0.3) is 0 Å². The minimum Gasteiger partial charge on any atom is -0.399 e. The van der Waals surface area contributed by atoms with Crippen molar-refractivity contribution < 1.29 is 30.7 Å². The summed E-state index contributed by atoms with van der Waals surface area (Å²) in [4.78, 5) is 0. The maximum atomic E-state index is 13.1. The molecule has 0 amide bonds. The Bertz CT molecular complexity index is 523. The zero-order chi connectivity index (χ0) is 19.8. The predicted octanol–water partition coefficient (Wildman–Crippen LogP) is 6.77. The van der Waals surface area contributed by atoms with Gasteiger partial charge in [0, 0.05) is 12.1 Å². The third kappa shape index (κ3) is 6.68. The minimum absolute atomic E-state index is 0.210. The molecule has 0 aliphatic rings. The molecule has 0 heterocycles. The van der Waals surface area contributed by atoms with Crippen LogP contribution in [0, 0.1) is 0 Å². The number of anilines is 1. The molecule has 150 valence electrons. The SMILES string of the molecule is Nc1ccc(CCCCCCCCCC(F)(F)C(F)(F)C(F)(F)F)cc1. The van der Waals surface area contributed by atoms with E-state index in [-0.39, 0.29) is 12.8 Å². The standard InChI is InChI=1S/C18H24F7N/c19-16(20,17(21,22)18(23,24)25)13-7-5-3-1-2-4-6-8-14-9-11-15(26)12-10-14/h9-12H,1-8,13,26H2. The molecule has 2 N–H and O–H groups in total. The highest BCUT2D eigenvalue weighted by Crippen LogP contribution is 2.48. The summed E-state index contributed by atoms with van der Waals surface area (Å²) < 4.78 is 87.5. The lowest BCUT2D eigenvalue weighted by molar-refractivity contribution is -0.355. The van der Waals surface area contributed by atoms with Gasteiger partial charge in [-0.2, -0.15) is 30.7 Å². The van der Waals surface area contributed by atoms with E-state index in [0.717, 1.165) is 32.1 Å². The monoisotopic (exact) mass is 387 g/mol. The van der Waals surface area contributed by atoms with Gasteiger partial charge in [0.15, 0.2) is 0 Å². The lowest BCUT2D eigenvalue weighted by Gasteiger charge is -2.28. The number of hydrogen-bond acceptors (Lipinski definition) is 1. The second-order valence-electron chi connectivity index (χ2n) is 6.49. The van der Waals surface area contributed by atoms with Crippen LogP contribution in [0.15, 0.2) is 24.3 Å². The molecule has 0 saturated heterocycles. The molecule has 1 rings (SSSR count). The van der Waals surface area contributed by atoms with Crippen LogP contribution in [0.2, 0.25) is 0 Å². The highest BCUT2D eigenvalue weighted by atomic mass is 19.4. The summed E-state index contributed by atoms with van der Waals surface area (Å²) in [6.45, 7) is 0. The molecule has 1 aromatic carbocycles. The number of benzene rings is 1. The number of aryl methyl sites for hydroxylation is 1. The fourth-order valence-electron chi connectivity index (χ4n) is 2.61. The molecule has 0 aromatic heterocycles. The number of nitrogen functional groups attached to an aromatic ring is 1. The first kappa shape index (κ1) is 22.6. The summed E-state index contributed by atoms with van der Waals surface area (Å²) in [6.07, 6.45) is -2.91. The minimum atomic E-state index is -6.24. The molecule has 0 atom stereocenters. The Morgan fingerprint density at radius 3 is 1.62 bits per heavy atom. The third-order valence-corrected chi connectivity index (χ3v) is 4.25. The van der Waals surface area contributed by atoms with Crippen molar-refractivity contribution in [3.63, 3.8) is 0 Å². The predicted molar refractivity (Wildman–Crippen MR) is 87.4 cm³/mol. The Hall–Kier alpha value is -1.47. The Morgan fingerprint density at radius 2 is 1.12 bits per heavy atom. The molecule has 1 nitrogen and oxygen atoms in total. The topological polar surface area (TPSA) is 26.0 Å². The normalized spacial score (nSPS) is 13.2. The van der Waals surface area contributed by atoms with E-state index >= 15 is 0 Å². The molecule has 0 radical (unpaired) electrons. The summed E-state index contributed by atoms with van der Waals surface area (Å²) in [6, 6.07) is 7.55. The number of halogens is 7. The maximum Gasteiger partial charge on any atom is 0.459 e. The Kier molecular flexibility index (Phi) is 8.21. The molecule has 0 aliphatic carbocycles. The van der Waals surface area contributed by atoms with Crippen LogP contribution in [-0.4, -0.2) is 18.0 Å². The summed E-state index contributed by atoms with van der Waals surface area (Å²) in [5, 5.41) is 0. The van der Waals surface area contributed by atoms with E-state index in [9.17, 15) is 30.7 Å². The lowest BCUT2D eigenvalue weighted by Crippen LogP contribution is -2.51. The van der Waals surface area contributed by atoms with E-state index in [1.165, 1.54) is 5.56 Å². The second kappa shape index (κ2) is 9.46. The molecule has 1 aromatic rings. The number of rotatable bonds is 11. The number of hydrogen-bond donors (Lipinski definition) is 1. The molecule has 0 saturated carbocycles. The molecule has 26 heavy (non-hydrogen) atoms. The fraction of sp³-hybridized carbons (Fsp3) is 0.667. The van der Waals surface area contributed by atoms with E-state index in [2.05, 4.69) is 0 Å². The average Bonchev–Trinajstić information content (AvgIpc) is 2.53. The molecular weight excluding hydrogens is 363 g/mol. The Balaban J connectivity index is 2.11. The van der Waals surface area contributed by atoms with Crippen molar-refractivity contribution in [2.75, 3.05) is 5.73 Å². The van der Waals surface area contributed by atoms with E-state index in [1.807, 2.05) is 24.3 Å². The molecule has 0 unspecified atom stereocenters. The molecule has 0 aliphatic heterocycles. The molecule has 0 bridgehead atoms. The largest absolute Gasteiger partial charge is 0.459 e. The van der Waals surface area contributed by atoms with Gasteiger partial charge >= 0.3 is 18.0 Å². The summed E-state index contributed by atoms with van der Waals surface area (Å²) in [5.41, 5.74) is 7.46. The van der Waals surface area contributed by atoms with Crippen molar-refractivity contribution in [3.05, 3.63) is 29.8 Å². The maximum absolute atomic E-state index is 13.1. The fourth-order valence-corrected chi connectivity index (χ4v) is 2.61. The Labute approximate surface area is 148 Å². The number of alkyl halides is 7. The van der Waals surface area contributed by atoms with Gasteiger partial charge in [-0.05, 0) is 37.0 Å². The average molecular weight is 387 g/mol. The van der Waals surface area contributed by atoms with Gasteiger partial charge in [0.05, 0.1) is 0 Å². The first-order chi connectivity index (χ1) is 12.0. The summed E-state index contributed by atoms with van der Waals surface area (Å²) in [5.74, 6) is -11.0. The molecule has 0 spiro atoms. The van der Waals surface area contributed by atoms with Gasteiger partial charge in [0.2, 0.25) is 0 Å². The zero-order valence-electron chi connectivity index (χ0n) is 14.4. The lowest BCUT2D eigenvalue weighted by atomic mass is 10.0. The second-order valence-corrected chi connectivity index (χ2v) is 6.49. The van der Waals surface area contributed by atoms with Crippen LogP contribution in [0.5, 0.6) is 0 Å². The van der Waals surface area contributed by atoms with Gasteiger partial charge in [-0.15, -0.1) is 0 Å². The van der Waals surface area contributed by atoms with Crippen molar-refractivity contribution >= 4 is 5.69 Å². The number of nitrogens with two attached hydrogens (primary N) is 1. The first-order valence-electron chi connectivity index (χ1n) is 8.64. The van der Waals surface area contributed by atoms with Crippen molar-refractivity contribution in [1.29, 1.82) is 0 Å². The van der Waals surface area contributed by atoms with Crippen molar-refractivity contribution in [2.45, 2.75) is 75.8 Å². The third-order valence-electron chi connectivity index (χ3n) is 4.25. The van der Waals surface area contributed by atoms with Crippen LogP contribution in [-0.2, 0) is 6.42 Å². The van der Waals surface area contributed by atoms with Crippen molar-refractivity contribution in [2.24, 2.45) is 0 Å². The quantitative estimate of drug-likeness (QED) is 0.253. The van der Waals surface area contributed by atoms with Crippen LogP contribution in [0.4, 0.5) is 36.4 Å². The smallest absolute Gasteiger partial charge is 0.399 e. The van der Waals surface area contributed by atoms with E-state index in [4.69, 9.17) is 5.73 Å². The number of unbranched alkanes of at least 4 members (excludes halogenated alkanes) is 6. The van der Waals surface area contributed by atoms with Crippen LogP contribution in [0.1, 0.15) is 56.9 Å². The van der Waals surface area contributed by atoms with Gasteiger partial charge in [-0.3, -0.25) is 0 Å². The zero-order valence-corrected chi connectivity index (χ0v) is 14.4. The molecule has 8 heteroatoms. The highest BCUT2D eigenvalue weighted by molar-refractivity contribution is 5.39. The molecule has 0 fully saturated rings. The first-order valence-corrected chi connectivity index (χ1v) is 8.64. The van der Waals surface area contributed by atoms with Crippen LogP contribution >= 0.6 is 0 Å². The van der Waals surface area contributed by atoms with E-state index in [1.54, 1.807) is 0 Å². The van der Waals surface area contributed by atoms with Gasteiger partial charge in [-0.1, -0.05) is 44.2 Å². The van der Waals surface area contributed by atoms with Crippen molar-refractivity contribution in [3.8, 4) is 0 Å². The van der Waals surface area contributed by atoms with Crippen LogP contribution < -0.4 is 5.73 Å². The van der Waals surface area contributed by atoms with E-state index in [0.29, 0.717) is 12.1 Å². The summed E-state index contributed by atoms with van der Waals surface area (Å²) in [7, 11) is 0. The van der Waals surface area contributed by atoms with Gasteiger partial charge < -0.3 is 5.73 Å². The highest BCUT2D eigenvalue weighted by Gasteiger charge is 2.72.